The molecule has 1 heterocycles. The van der Waals surface area contributed by atoms with Crippen LogP contribution in [-0.4, -0.2) is 27.5 Å². The van der Waals surface area contributed by atoms with Crippen LogP contribution in [0.1, 0.15) is 12.5 Å². The number of nitrogens with zero attached hydrogens (tertiary/aromatic N) is 4. The van der Waals surface area contributed by atoms with Crippen molar-refractivity contribution in [3.8, 4) is 17.2 Å². The predicted molar refractivity (Wildman–Crippen MR) is 168 cm³/mol. The Kier molecular flexibility index (Phi) is 8.83. The van der Waals surface area contributed by atoms with E-state index < -0.39 is 21.2 Å². The van der Waals surface area contributed by atoms with E-state index in [4.69, 9.17) is 14.5 Å². The molecule has 1 saturated heterocycles. The number of nitro benzene ring substituents is 2. The first-order valence-corrected chi connectivity index (χ1v) is 14.4. The van der Waals surface area contributed by atoms with Gasteiger partial charge in [0.1, 0.15) is 0 Å². The summed E-state index contributed by atoms with van der Waals surface area (Å²) in [6.45, 7) is 2.01. The zero-order valence-corrected chi connectivity index (χ0v) is 24.8. The van der Waals surface area contributed by atoms with Crippen LogP contribution in [0.25, 0.3) is 6.08 Å². The molecule has 0 atom stereocenters. The molecule has 0 spiro atoms. The lowest BCUT2D eigenvalue weighted by Gasteiger charge is -2.15. The van der Waals surface area contributed by atoms with Gasteiger partial charge in [-0.05, 0) is 88.7 Å². The molecule has 1 amide bonds. The molecule has 0 saturated carbocycles. The molecule has 0 aliphatic carbocycles. The summed E-state index contributed by atoms with van der Waals surface area (Å²) in [5, 5.41) is 23.3. The minimum absolute atomic E-state index is 0.128. The number of amides is 1. The van der Waals surface area contributed by atoms with Crippen molar-refractivity contribution in [1.29, 1.82) is 0 Å². The lowest BCUT2D eigenvalue weighted by molar-refractivity contribution is -0.394. The number of hydrogen-bond acceptors (Lipinski definition) is 9. The Labute approximate surface area is 257 Å². The number of amidine groups is 1. The standard InChI is InChI=1S/C30H21BrN4O7S/c1-2-41-26-16-19(15-23(31)28(26)42-25-14-13-22(34(37)38)18-24(25)35(39)40)17-27-29(36)33(21-11-7-4-8-12-21)30(43-27)32-20-9-5-3-6-10-20/h3-18H,2H2,1H3/b27-17-,32-30?. The summed E-state index contributed by atoms with van der Waals surface area (Å²) in [5.74, 6) is -0.0968. The van der Waals surface area contributed by atoms with Crippen LogP contribution in [0.2, 0.25) is 0 Å². The first-order valence-electron chi connectivity index (χ1n) is 12.7. The van der Waals surface area contributed by atoms with Crippen LogP contribution in [0.15, 0.2) is 105 Å². The van der Waals surface area contributed by atoms with Crippen molar-refractivity contribution in [1.82, 2.24) is 0 Å². The van der Waals surface area contributed by atoms with E-state index in [0.29, 0.717) is 31.5 Å². The number of benzene rings is 4. The quantitative estimate of drug-likeness (QED) is 0.0993. The van der Waals surface area contributed by atoms with Crippen LogP contribution in [0.3, 0.4) is 0 Å². The number of halogens is 1. The van der Waals surface area contributed by atoms with Crippen molar-refractivity contribution < 1.29 is 24.1 Å². The number of hydrogen-bond donors (Lipinski definition) is 0. The highest BCUT2D eigenvalue weighted by atomic mass is 79.9. The van der Waals surface area contributed by atoms with Crippen LogP contribution < -0.4 is 14.4 Å². The Morgan fingerprint density at radius 2 is 1.63 bits per heavy atom. The molecule has 0 aromatic heterocycles. The Morgan fingerprint density at radius 1 is 0.930 bits per heavy atom. The van der Waals surface area contributed by atoms with Gasteiger partial charge in [-0.3, -0.25) is 29.9 Å². The van der Waals surface area contributed by atoms with Gasteiger partial charge in [-0.1, -0.05) is 36.4 Å². The molecule has 0 unspecified atom stereocenters. The van der Waals surface area contributed by atoms with E-state index >= 15 is 0 Å². The Morgan fingerprint density at radius 3 is 2.28 bits per heavy atom. The maximum Gasteiger partial charge on any atom is 0.318 e. The summed E-state index contributed by atoms with van der Waals surface area (Å²) >= 11 is 4.68. The molecule has 5 rings (SSSR count). The average molecular weight is 661 g/mol. The molecule has 4 aromatic rings. The van der Waals surface area contributed by atoms with E-state index in [9.17, 15) is 25.0 Å². The minimum Gasteiger partial charge on any atom is -0.490 e. The molecular formula is C30H21BrN4O7S. The maximum atomic E-state index is 13.7. The lowest BCUT2D eigenvalue weighted by atomic mass is 10.1. The topological polar surface area (TPSA) is 137 Å². The molecule has 4 aromatic carbocycles. The number of rotatable bonds is 9. The maximum absolute atomic E-state index is 13.7. The number of thioether (sulfide) groups is 1. The highest BCUT2D eigenvalue weighted by Crippen LogP contribution is 2.44. The minimum atomic E-state index is -0.759. The van der Waals surface area contributed by atoms with E-state index in [2.05, 4.69) is 15.9 Å². The largest absolute Gasteiger partial charge is 0.490 e. The molecule has 216 valence electrons. The fourth-order valence-electron chi connectivity index (χ4n) is 4.11. The van der Waals surface area contributed by atoms with E-state index in [0.717, 1.165) is 18.2 Å². The Bertz CT molecular complexity index is 1780. The summed E-state index contributed by atoms with van der Waals surface area (Å²) in [7, 11) is 0. The van der Waals surface area contributed by atoms with Gasteiger partial charge >= 0.3 is 5.69 Å². The number of para-hydroxylation sites is 2. The van der Waals surface area contributed by atoms with Gasteiger partial charge in [-0.15, -0.1) is 0 Å². The van der Waals surface area contributed by atoms with Crippen LogP contribution in [0.4, 0.5) is 22.7 Å². The zero-order chi connectivity index (χ0) is 30.5. The zero-order valence-electron chi connectivity index (χ0n) is 22.4. The van der Waals surface area contributed by atoms with Gasteiger partial charge in [-0.25, -0.2) is 4.99 Å². The average Bonchev–Trinajstić information content (AvgIpc) is 3.29. The SMILES string of the molecule is CCOc1cc(/C=C2\SC(=Nc3ccccc3)N(c3ccccc3)C2=O)cc(Br)c1Oc1ccc([N+](=O)[O-])cc1[N+](=O)[O-]. The second kappa shape index (κ2) is 12.9. The summed E-state index contributed by atoms with van der Waals surface area (Å²) in [4.78, 5) is 41.6. The van der Waals surface area contributed by atoms with Crippen molar-refractivity contribution in [2.75, 3.05) is 11.5 Å². The first kappa shape index (κ1) is 29.5. The van der Waals surface area contributed by atoms with Crippen LogP contribution in [-0.2, 0) is 4.79 Å². The fourth-order valence-corrected chi connectivity index (χ4v) is 5.65. The molecule has 1 fully saturated rings. The van der Waals surface area contributed by atoms with Gasteiger partial charge in [0.15, 0.2) is 16.7 Å². The van der Waals surface area contributed by atoms with Crippen LogP contribution >= 0.6 is 27.7 Å². The molecule has 43 heavy (non-hydrogen) atoms. The van der Waals surface area contributed by atoms with E-state index in [1.54, 1.807) is 30.0 Å². The smallest absolute Gasteiger partial charge is 0.318 e. The van der Waals surface area contributed by atoms with Gasteiger partial charge in [-0.2, -0.15) is 0 Å². The molecular weight excluding hydrogens is 640 g/mol. The first-order chi connectivity index (χ1) is 20.7. The van der Waals surface area contributed by atoms with Crippen molar-refractivity contribution >= 4 is 67.6 Å². The Balaban J connectivity index is 1.53. The monoisotopic (exact) mass is 660 g/mol. The third-order valence-corrected chi connectivity index (χ3v) is 7.55. The van der Waals surface area contributed by atoms with Crippen molar-refractivity contribution in [3.63, 3.8) is 0 Å². The van der Waals surface area contributed by atoms with Gasteiger partial charge in [0.25, 0.3) is 11.6 Å². The second-order valence-electron chi connectivity index (χ2n) is 8.85. The number of carbonyl (C=O) groups excluding carboxylic acids is 1. The lowest BCUT2D eigenvalue weighted by Crippen LogP contribution is -2.28. The summed E-state index contributed by atoms with van der Waals surface area (Å²) in [6.07, 6.45) is 1.70. The third kappa shape index (κ3) is 6.58. The Hall–Kier alpha value is -5.01. The van der Waals surface area contributed by atoms with E-state index in [1.165, 1.54) is 11.8 Å². The molecule has 11 nitrogen and oxygen atoms in total. The van der Waals surface area contributed by atoms with E-state index in [-0.39, 0.29) is 29.8 Å². The summed E-state index contributed by atoms with van der Waals surface area (Å²) in [6, 6.07) is 25.0. The van der Waals surface area contributed by atoms with Gasteiger partial charge in [0.2, 0.25) is 5.75 Å². The molecule has 1 aliphatic rings. The van der Waals surface area contributed by atoms with Crippen molar-refractivity contribution in [2.45, 2.75) is 6.92 Å². The number of ether oxygens (including phenoxy) is 2. The van der Waals surface area contributed by atoms with Crippen LogP contribution in [0, 0.1) is 20.2 Å². The number of anilines is 1. The van der Waals surface area contributed by atoms with Crippen molar-refractivity contribution in [3.05, 3.63) is 126 Å². The number of carbonyl (C=O) groups is 1. The predicted octanol–water partition coefficient (Wildman–Crippen LogP) is 8.27. The highest BCUT2D eigenvalue weighted by Gasteiger charge is 2.35. The van der Waals surface area contributed by atoms with Crippen molar-refractivity contribution in [2.24, 2.45) is 4.99 Å². The third-order valence-electron chi connectivity index (χ3n) is 5.99. The molecule has 0 radical (unpaired) electrons. The van der Waals surface area contributed by atoms with E-state index in [1.807, 2.05) is 60.7 Å². The second-order valence-corrected chi connectivity index (χ2v) is 10.7. The number of aliphatic imine (C=N–C) groups is 1. The molecule has 0 N–H and O–H groups in total. The summed E-state index contributed by atoms with van der Waals surface area (Å²) < 4.78 is 12.0. The summed E-state index contributed by atoms with van der Waals surface area (Å²) in [5.41, 5.74) is 0.939. The normalized spacial score (nSPS) is 14.7. The van der Waals surface area contributed by atoms with Gasteiger partial charge in [0, 0.05) is 6.07 Å². The fraction of sp³-hybridized carbons (Fsp3) is 0.0667. The molecule has 13 heteroatoms. The van der Waals surface area contributed by atoms with Gasteiger partial charge in [0.05, 0.1) is 43.3 Å². The molecule has 1 aliphatic heterocycles. The highest BCUT2D eigenvalue weighted by molar-refractivity contribution is 9.10. The number of nitro groups is 2. The molecule has 0 bridgehead atoms. The van der Waals surface area contributed by atoms with Crippen LogP contribution in [0.5, 0.6) is 17.2 Å². The van der Waals surface area contributed by atoms with Gasteiger partial charge < -0.3 is 9.47 Å². The number of non-ortho nitro benzene ring substituents is 1.